The average molecular weight is 648 g/mol. The van der Waals surface area contributed by atoms with Crippen LogP contribution in [0.5, 0.6) is 0 Å². The Bertz CT molecular complexity index is 2190. The van der Waals surface area contributed by atoms with E-state index in [0.29, 0.717) is 5.41 Å². The normalized spacial score (nSPS) is 23.8. The van der Waals surface area contributed by atoms with Crippen molar-refractivity contribution < 1.29 is 0 Å². The number of fused-ring (bicyclic) bond motifs is 3. The zero-order chi connectivity index (χ0) is 33.5. The number of para-hydroxylation sites is 1. The van der Waals surface area contributed by atoms with Crippen molar-refractivity contribution in [3.05, 3.63) is 162 Å². The Morgan fingerprint density at radius 1 is 0.460 bits per heavy atom. The Labute approximate surface area is 297 Å². The first-order valence-electron chi connectivity index (χ1n) is 18.9. The molecule has 0 aliphatic heterocycles. The first-order valence-corrected chi connectivity index (χ1v) is 18.9. The maximum absolute atomic E-state index is 2.48. The summed E-state index contributed by atoms with van der Waals surface area (Å²) < 4.78 is 0. The summed E-state index contributed by atoms with van der Waals surface area (Å²) in [7, 11) is 0. The third-order valence-electron chi connectivity index (χ3n) is 13.0. The molecule has 1 heteroatoms. The molecule has 1 nitrogen and oxygen atoms in total. The van der Waals surface area contributed by atoms with Crippen molar-refractivity contribution in [3.8, 4) is 33.4 Å². The van der Waals surface area contributed by atoms with Gasteiger partial charge in [-0.2, -0.15) is 0 Å². The predicted molar refractivity (Wildman–Crippen MR) is 209 cm³/mol. The summed E-state index contributed by atoms with van der Waals surface area (Å²) in [6, 6.07) is 54.7. The van der Waals surface area contributed by atoms with Crippen molar-refractivity contribution >= 4 is 17.1 Å². The highest BCUT2D eigenvalue weighted by Gasteiger charge is 2.51. The second-order valence-electron chi connectivity index (χ2n) is 16.4. The lowest BCUT2D eigenvalue weighted by atomic mass is 9.48. The summed E-state index contributed by atoms with van der Waals surface area (Å²) in [6.45, 7) is 4.74. The van der Waals surface area contributed by atoms with Crippen LogP contribution in [0.25, 0.3) is 33.4 Å². The average Bonchev–Trinajstić information content (AvgIpc) is 3.38. The van der Waals surface area contributed by atoms with E-state index in [1.54, 1.807) is 5.56 Å². The van der Waals surface area contributed by atoms with Crippen LogP contribution < -0.4 is 4.90 Å². The molecule has 0 atom stereocenters. The molecule has 6 aromatic carbocycles. The summed E-state index contributed by atoms with van der Waals surface area (Å²) in [6.07, 6.45) is 8.69. The van der Waals surface area contributed by atoms with E-state index in [0.717, 1.165) is 17.8 Å². The SMILES string of the molecule is CC1(C)c2ccccc2-c2ccc(N(c3cccc(-c4ccc(C56CC7CC(CC(C7)C5)C6)cc4)c3)c3ccccc3-c3ccccc3)cc21. The molecule has 4 fully saturated rings. The lowest BCUT2D eigenvalue weighted by Crippen LogP contribution is -2.48. The van der Waals surface area contributed by atoms with E-state index >= 15 is 0 Å². The minimum atomic E-state index is -0.0765. The number of benzene rings is 6. The molecule has 0 heterocycles. The maximum atomic E-state index is 2.48. The van der Waals surface area contributed by atoms with E-state index in [2.05, 4.69) is 164 Å². The van der Waals surface area contributed by atoms with Gasteiger partial charge in [0.05, 0.1) is 5.69 Å². The molecule has 4 saturated carbocycles. The molecule has 11 rings (SSSR count). The zero-order valence-electron chi connectivity index (χ0n) is 29.3. The quantitative estimate of drug-likeness (QED) is 0.174. The van der Waals surface area contributed by atoms with Crippen LogP contribution in [-0.4, -0.2) is 0 Å². The number of hydrogen-bond acceptors (Lipinski definition) is 1. The molecule has 0 amide bonds. The van der Waals surface area contributed by atoms with Crippen LogP contribution in [0.15, 0.2) is 146 Å². The molecule has 0 spiro atoms. The summed E-state index contributed by atoms with van der Waals surface area (Å²) in [5.41, 5.74) is 16.0. The van der Waals surface area contributed by atoms with Gasteiger partial charge in [0, 0.05) is 22.4 Å². The monoisotopic (exact) mass is 647 g/mol. The highest BCUT2D eigenvalue weighted by molar-refractivity contribution is 5.91. The van der Waals surface area contributed by atoms with Crippen LogP contribution >= 0.6 is 0 Å². The predicted octanol–water partition coefficient (Wildman–Crippen LogP) is 13.3. The van der Waals surface area contributed by atoms with Crippen LogP contribution in [0.3, 0.4) is 0 Å². The van der Waals surface area contributed by atoms with Gasteiger partial charge < -0.3 is 4.90 Å². The largest absolute Gasteiger partial charge is 0.310 e. The Balaban J connectivity index is 1.08. The summed E-state index contributed by atoms with van der Waals surface area (Å²) >= 11 is 0. The van der Waals surface area contributed by atoms with Crippen LogP contribution in [-0.2, 0) is 10.8 Å². The lowest BCUT2D eigenvalue weighted by Gasteiger charge is -2.57. The van der Waals surface area contributed by atoms with Crippen molar-refractivity contribution in [2.24, 2.45) is 17.8 Å². The van der Waals surface area contributed by atoms with Crippen molar-refractivity contribution in [2.75, 3.05) is 4.90 Å². The van der Waals surface area contributed by atoms with Crippen LogP contribution in [0, 0.1) is 17.8 Å². The third-order valence-corrected chi connectivity index (χ3v) is 13.0. The van der Waals surface area contributed by atoms with Crippen molar-refractivity contribution in [2.45, 2.75) is 63.2 Å². The van der Waals surface area contributed by atoms with Crippen molar-refractivity contribution in [3.63, 3.8) is 0 Å². The Morgan fingerprint density at radius 2 is 1.06 bits per heavy atom. The van der Waals surface area contributed by atoms with Gasteiger partial charge in [0.25, 0.3) is 0 Å². The van der Waals surface area contributed by atoms with Gasteiger partial charge in [-0.05, 0) is 137 Å². The molecule has 5 aliphatic carbocycles. The minimum absolute atomic E-state index is 0.0765. The number of hydrogen-bond donors (Lipinski definition) is 0. The fourth-order valence-corrected chi connectivity index (χ4v) is 11.1. The molecule has 0 N–H and O–H groups in total. The zero-order valence-corrected chi connectivity index (χ0v) is 29.3. The molecule has 0 unspecified atom stereocenters. The second-order valence-corrected chi connectivity index (χ2v) is 16.4. The van der Waals surface area contributed by atoms with Gasteiger partial charge in [-0.3, -0.25) is 0 Å². The van der Waals surface area contributed by atoms with Crippen LogP contribution in [0.2, 0.25) is 0 Å². The lowest BCUT2D eigenvalue weighted by molar-refractivity contribution is -0.00518. The van der Waals surface area contributed by atoms with E-state index in [4.69, 9.17) is 0 Å². The minimum Gasteiger partial charge on any atom is -0.310 e. The molecule has 4 bridgehead atoms. The fourth-order valence-electron chi connectivity index (χ4n) is 11.1. The second kappa shape index (κ2) is 11.3. The molecule has 5 aliphatic rings. The van der Waals surface area contributed by atoms with E-state index in [9.17, 15) is 0 Å². The van der Waals surface area contributed by atoms with E-state index < -0.39 is 0 Å². The highest BCUT2D eigenvalue weighted by atomic mass is 15.1. The molecule has 246 valence electrons. The first kappa shape index (κ1) is 30.0. The van der Waals surface area contributed by atoms with Crippen molar-refractivity contribution in [1.29, 1.82) is 0 Å². The smallest absolute Gasteiger partial charge is 0.0540 e. The van der Waals surface area contributed by atoms with E-state index in [1.165, 1.54) is 100 Å². The molecular formula is C49H45N. The van der Waals surface area contributed by atoms with Gasteiger partial charge in [-0.15, -0.1) is 0 Å². The Kier molecular flexibility index (Phi) is 6.79. The van der Waals surface area contributed by atoms with Crippen LogP contribution in [0.1, 0.15) is 69.1 Å². The van der Waals surface area contributed by atoms with Crippen LogP contribution in [0.4, 0.5) is 17.1 Å². The van der Waals surface area contributed by atoms with Gasteiger partial charge in [0.15, 0.2) is 0 Å². The molecular weight excluding hydrogens is 603 g/mol. The molecule has 0 aromatic heterocycles. The first-order chi connectivity index (χ1) is 24.4. The van der Waals surface area contributed by atoms with Gasteiger partial charge in [-0.25, -0.2) is 0 Å². The number of rotatable bonds is 6. The standard InChI is InChI=1S/C49H45N/c1-48(2)45-17-8-6-16-43(45)44-24-23-41(29-46(44)48)50(47-18-9-7-15-42(47)37-11-4-3-5-12-37)40-14-10-13-38(28-40)36-19-21-39(22-20-36)49-30-33-25-34(31-49)27-35(26-33)32-49/h3-24,28-29,33-35H,25-27,30-32H2,1-2H3. The highest BCUT2D eigenvalue weighted by Crippen LogP contribution is 2.61. The topological polar surface area (TPSA) is 3.24 Å². The number of anilines is 3. The maximum Gasteiger partial charge on any atom is 0.0540 e. The van der Waals surface area contributed by atoms with Crippen molar-refractivity contribution in [1.82, 2.24) is 0 Å². The Morgan fingerprint density at radius 3 is 1.80 bits per heavy atom. The third kappa shape index (κ3) is 4.73. The van der Waals surface area contributed by atoms with E-state index in [-0.39, 0.29) is 5.41 Å². The molecule has 6 aromatic rings. The molecule has 50 heavy (non-hydrogen) atoms. The molecule has 0 saturated heterocycles. The van der Waals surface area contributed by atoms with Gasteiger partial charge in [-0.1, -0.05) is 129 Å². The molecule has 0 radical (unpaired) electrons. The fraction of sp³-hybridized carbons (Fsp3) is 0.265. The Hall–Kier alpha value is -4.88. The summed E-state index contributed by atoms with van der Waals surface area (Å²) in [5, 5.41) is 0. The van der Waals surface area contributed by atoms with E-state index in [1.807, 2.05) is 0 Å². The number of nitrogens with zero attached hydrogens (tertiary/aromatic N) is 1. The summed E-state index contributed by atoms with van der Waals surface area (Å²) in [4.78, 5) is 2.48. The van der Waals surface area contributed by atoms with Gasteiger partial charge in [0.1, 0.15) is 0 Å². The van der Waals surface area contributed by atoms with Gasteiger partial charge in [0.2, 0.25) is 0 Å². The summed E-state index contributed by atoms with van der Waals surface area (Å²) in [5.74, 6) is 2.88. The van der Waals surface area contributed by atoms with Gasteiger partial charge >= 0.3 is 0 Å².